The maximum Gasteiger partial charge on any atom is 0.336 e. The van der Waals surface area contributed by atoms with Crippen molar-refractivity contribution in [2.24, 2.45) is 0 Å². The summed E-state index contributed by atoms with van der Waals surface area (Å²) in [6.45, 7) is 7.13. The van der Waals surface area contributed by atoms with E-state index in [2.05, 4.69) is 13.2 Å². The summed E-state index contributed by atoms with van der Waals surface area (Å²) >= 11 is 0. The first-order valence-corrected chi connectivity index (χ1v) is 7.11. The summed E-state index contributed by atoms with van der Waals surface area (Å²) < 4.78 is 15.5. The SMILES string of the molecule is C=C(COCC(=C)C(=O)OC1C=CC=C1)C(=O)OC1C=CC=C1. The van der Waals surface area contributed by atoms with Gasteiger partial charge in [0.1, 0.15) is 12.2 Å². The van der Waals surface area contributed by atoms with Crippen LogP contribution in [0.5, 0.6) is 0 Å². The summed E-state index contributed by atoms with van der Waals surface area (Å²) in [7, 11) is 0. The third kappa shape index (κ3) is 5.23. The van der Waals surface area contributed by atoms with Crippen molar-refractivity contribution < 1.29 is 23.8 Å². The molecular formula is C18H18O5. The van der Waals surface area contributed by atoms with Crippen LogP contribution in [0.4, 0.5) is 0 Å². The summed E-state index contributed by atoms with van der Waals surface area (Å²) in [5.74, 6) is -1.08. The molecule has 2 rings (SSSR count). The molecule has 0 fully saturated rings. The first kappa shape index (κ1) is 16.7. The summed E-state index contributed by atoms with van der Waals surface area (Å²) in [4.78, 5) is 23.5. The molecule has 2 aliphatic carbocycles. The Kier molecular flexibility index (Phi) is 5.88. The van der Waals surface area contributed by atoms with E-state index in [1.165, 1.54) is 0 Å². The van der Waals surface area contributed by atoms with Crippen LogP contribution in [0.3, 0.4) is 0 Å². The minimum atomic E-state index is -0.541. The molecule has 0 amide bonds. The molecule has 5 nitrogen and oxygen atoms in total. The molecule has 0 radical (unpaired) electrons. The van der Waals surface area contributed by atoms with Crippen LogP contribution in [0.15, 0.2) is 72.9 Å². The van der Waals surface area contributed by atoms with Crippen LogP contribution < -0.4 is 0 Å². The van der Waals surface area contributed by atoms with Crippen LogP contribution in [0.1, 0.15) is 0 Å². The number of rotatable bonds is 8. The second-order valence-electron chi connectivity index (χ2n) is 4.98. The third-order valence-corrected chi connectivity index (χ3v) is 3.04. The average molecular weight is 314 g/mol. The number of carbonyl (C=O) groups excluding carboxylic acids is 2. The molecule has 0 aromatic rings. The lowest BCUT2D eigenvalue weighted by Gasteiger charge is -2.12. The van der Waals surface area contributed by atoms with Crippen LogP contribution in [-0.4, -0.2) is 37.4 Å². The van der Waals surface area contributed by atoms with Gasteiger partial charge in [0.2, 0.25) is 0 Å². The molecule has 0 heterocycles. The van der Waals surface area contributed by atoms with E-state index >= 15 is 0 Å². The number of hydrogen-bond acceptors (Lipinski definition) is 5. The Balaban J connectivity index is 1.64. The van der Waals surface area contributed by atoms with E-state index in [1.54, 1.807) is 48.6 Å². The van der Waals surface area contributed by atoms with Crippen molar-refractivity contribution in [2.75, 3.05) is 13.2 Å². The van der Waals surface area contributed by atoms with Crippen molar-refractivity contribution in [3.05, 3.63) is 72.9 Å². The monoisotopic (exact) mass is 314 g/mol. The number of esters is 2. The highest BCUT2D eigenvalue weighted by Gasteiger charge is 2.16. The van der Waals surface area contributed by atoms with E-state index < -0.39 is 11.9 Å². The Bertz CT molecular complexity index is 543. The van der Waals surface area contributed by atoms with Crippen LogP contribution in [-0.2, 0) is 23.8 Å². The van der Waals surface area contributed by atoms with E-state index in [-0.39, 0.29) is 36.6 Å². The molecule has 23 heavy (non-hydrogen) atoms. The Labute approximate surface area is 134 Å². The number of carbonyl (C=O) groups is 2. The Morgan fingerprint density at radius 2 is 1.09 bits per heavy atom. The molecular weight excluding hydrogens is 296 g/mol. The molecule has 0 saturated carbocycles. The molecule has 0 saturated heterocycles. The highest BCUT2D eigenvalue weighted by atomic mass is 16.6. The van der Waals surface area contributed by atoms with Crippen molar-refractivity contribution in [3.63, 3.8) is 0 Å². The van der Waals surface area contributed by atoms with E-state index in [9.17, 15) is 9.59 Å². The molecule has 0 unspecified atom stereocenters. The second kappa shape index (κ2) is 8.10. The largest absolute Gasteiger partial charge is 0.450 e. The molecule has 0 N–H and O–H groups in total. The molecule has 120 valence electrons. The standard InChI is InChI=1S/C18H18O5/c1-13(17(19)22-15-7-3-4-8-15)11-21-12-14(2)18(20)23-16-9-5-6-10-16/h3-10,15-16H,1-2,11-12H2. The predicted molar refractivity (Wildman–Crippen MR) is 85.4 cm³/mol. The molecule has 0 aromatic carbocycles. The van der Waals surface area contributed by atoms with Gasteiger partial charge in [-0.15, -0.1) is 0 Å². The molecule has 0 aliphatic heterocycles. The number of hydrogen-bond donors (Lipinski definition) is 0. The van der Waals surface area contributed by atoms with Crippen molar-refractivity contribution in [3.8, 4) is 0 Å². The fourth-order valence-corrected chi connectivity index (χ4v) is 1.81. The predicted octanol–water partition coefficient (Wildman–Crippen LogP) is 2.19. The minimum absolute atomic E-state index is 0.0471. The Morgan fingerprint density at radius 3 is 1.43 bits per heavy atom. The molecule has 2 aliphatic rings. The fourth-order valence-electron chi connectivity index (χ4n) is 1.81. The fraction of sp³-hybridized carbons (Fsp3) is 0.222. The Hall–Kier alpha value is -2.66. The molecule has 0 bridgehead atoms. The molecule has 0 spiro atoms. The van der Waals surface area contributed by atoms with Gasteiger partial charge < -0.3 is 14.2 Å². The zero-order valence-corrected chi connectivity index (χ0v) is 12.6. The Morgan fingerprint density at radius 1 is 0.739 bits per heavy atom. The van der Waals surface area contributed by atoms with Crippen LogP contribution in [0, 0.1) is 0 Å². The molecule has 5 heteroatoms. The van der Waals surface area contributed by atoms with E-state index in [1.807, 2.05) is 0 Å². The van der Waals surface area contributed by atoms with E-state index in [4.69, 9.17) is 14.2 Å². The van der Waals surface area contributed by atoms with E-state index in [0.29, 0.717) is 0 Å². The van der Waals surface area contributed by atoms with Crippen LogP contribution in [0.2, 0.25) is 0 Å². The van der Waals surface area contributed by atoms with E-state index in [0.717, 1.165) is 0 Å². The lowest BCUT2D eigenvalue weighted by atomic mass is 10.3. The van der Waals surface area contributed by atoms with Gasteiger partial charge in [-0.1, -0.05) is 37.5 Å². The zero-order valence-electron chi connectivity index (χ0n) is 12.6. The maximum atomic E-state index is 11.7. The summed E-state index contributed by atoms with van der Waals surface area (Å²) in [6.07, 6.45) is 13.4. The van der Waals surface area contributed by atoms with Crippen molar-refractivity contribution in [2.45, 2.75) is 12.2 Å². The topological polar surface area (TPSA) is 61.8 Å². The highest BCUT2D eigenvalue weighted by Crippen LogP contribution is 2.10. The van der Waals surface area contributed by atoms with Crippen LogP contribution >= 0.6 is 0 Å². The third-order valence-electron chi connectivity index (χ3n) is 3.04. The van der Waals surface area contributed by atoms with Crippen LogP contribution in [0.25, 0.3) is 0 Å². The normalized spacial score (nSPS) is 16.0. The maximum absolute atomic E-state index is 11.7. The van der Waals surface area contributed by atoms with Gasteiger partial charge in [0, 0.05) is 0 Å². The van der Waals surface area contributed by atoms with Gasteiger partial charge in [-0.05, 0) is 24.3 Å². The quantitative estimate of drug-likeness (QED) is 0.508. The van der Waals surface area contributed by atoms with Crippen molar-refractivity contribution in [1.82, 2.24) is 0 Å². The van der Waals surface area contributed by atoms with Crippen molar-refractivity contribution in [1.29, 1.82) is 0 Å². The highest BCUT2D eigenvalue weighted by molar-refractivity contribution is 5.89. The first-order chi connectivity index (χ1) is 11.1. The summed E-state index contributed by atoms with van der Waals surface area (Å²) in [5.41, 5.74) is 0.336. The number of allylic oxidation sites excluding steroid dienone is 4. The smallest absolute Gasteiger partial charge is 0.336 e. The van der Waals surface area contributed by atoms with Gasteiger partial charge in [0.15, 0.2) is 0 Å². The van der Waals surface area contributed by atoms with Gasteiger partial charge in [-0.3, -0.25) is 0 Å². The second-order valence-corrected chi connectivity index (χ2v) is 4.98. The zero-order chi connectivity index (χ0) is 16.7. The van der Waals surface area contributed by atoms with Gasteiger partial charge >= 0.3 is 11.9 Å². The van der Waals surface area contributed by atoms with Gasteiger partial charge in [-0.25, -0.2) is 9.59 Å². The summed E-state index contributed by atoms with van der Waals surface area (Å²) in [5, 5.41) is 0. The summed E-state index contributed by atoms with van der Waals surface area (Å²) in [6, 6.07) is 0. The van der Waals surface area contributed by atoms with Gasteiger partial charge in [-0.2, -0.15) is 0 Å². The molecule has 0 atom stereocenters. The molecule has 0 aromatic heterocycles. The minimum Gasteiger partial charge on any atom is -0.450 e. The first-order valence-electron chi connectivity index (χ1n) is 7.11. The van der Waals surface area contributed by atoms with Gasteiger partial charge in [0.05, 0.1) is 24.4 Å². The number of ether oxygens (including phenoxy) is 3. The van der Waals surface area contributed by atoms with Gasteiger partial charge in [0.25, 0.3) is 0 Å². The van der Waals surface area contributed by atoms with Crippen molar-refractivity contribution >= 4 is 11.9 Å². The lowest BCUT2D eigenvalue weighted by Crippen LogP contribution is -2.19. The lowest BCUT2D eigenvalue weighted by molar-refractivity contribution is -0.141. The average Bonchev–Trinajstić information content (AvgIpc) is 3.20.